The lowest BCUT2D eigenvalue weighted by Gasteiger charge is -2.14. The molecule has 0 radical (unpaired) electrons. The van der Waals surface area contributed by atoms with Crippen LogP contribution in [0.1, 0.15) is 44.2 Å². The average molecular weight is 198 g/mol. The van der Waals surface area contributed by atoms with Gasteiger partial charge in [0.25, 0.3) is 5.92 Å². The average Bonchev–Trinajstić information content (AvgIpc) is 2.15. The van der Waals surface area contributed by atoms with Gasteiger partial charge in [-0.15, -0.1) is 0 Å². The summed E-state index contributed by atoms with van der Waals surface area (Å²) in [7, 11) is 0. The fourth-order valence-electron chi connectivity index (χ4n) is 1.35. The number of hydrogen-bond donors (Lipinski definition) is 0. The minimum Gasteiger partial charge on any atom is -0.202 e. The minimum atomic E-state index is -2.73. The van der Waals surface area contributed by atoms with Gasteiger partial charge >= 0.3 is 0 Å². The van der Waals surface area contributed by atoms with Crippen LogP contribution in [-0.2, 0) is 5.92 Å². The maximum atomic E-state index is 13.0. The van der Waals surface area contributed by atoms with Gasteiger partial charge in [0.05, 0.1) is 0 Å². The Morgan fingerprint density at radius 1 is 1.36 bits per heavy atom. The molecule has 0 aliphatic carbocycles. The van der Waals surface area contributed by atoms with E-state index in [2.05, 4.69) is 6.92 Å². The highest BCUT2D eigenvalue weighted by atomic mass is 19.3. The van der Waals surface area contributed by atoms with Gasteiger partial charge in [0.2, 0.25) is 0 Å². The number of benzene rings is 1. The summed E-state index contributed by atoms with van der Waals surface area (Å²) < 4.78 is 26.0. The molecular weight excluding hydrogens is 182 g/mol. The van der Waals surface area contributed by atoms with Gasteiger partial charge in [0.15, 0.2) is 0 Å². The Balaban J connectivity index is 3.01. The van der Waals surface area contributed by atoms with Crippen molar-refractivity contribution in [2.24, 2.45) is 0 Å². The van der Waals surface area contributed by atoms with Crippen LogP contribution in [-0.4, -0.2) is 0 Å². The second-order valence-corrected chi connectivity index (χ2v) is 3.82. The van der Waals surface area contributed by atoms with Gasteiger partial charge in [-0.25, -0.2) is 8.78 Å². The van der Waals surface area contributed by atoms with E-state index in [1.807, 2.05) is 13.0 Å². The van der Waals surface area contributed by atoms with Crippen molar-refractivity contribution in [2.45, 2.75) is 39.0 Å². The zero-order valence-electron chi connectivity index (χ0n) is 8.85. The summed E-state index contributed by atoms with van der Waals surface area (Å²) in [5.41, 5.74) is 1.10. The van der Waals surface area contributed by atoms with E-state index in [1.165, 1.54) is 6.07 Å². The van der Waals surface area contributed by atoms with Gasteiger partial charge in [-0.1, -0.05) is 32.0 Å². The molecule has 0 bridgehead atoms. The Bertz CT molecular complexity index is 299. The maximum absolute atomic E-state index is 13.0. The van der Waals surface area contributed by atoms with Crippen LogP contribution in [0.4, 0.5) is 8.78 Å². The van der Waals surface area contributed by atoms with Crippen LogP contribution in [0.15, 0.2) is 24.3 Å². The van der Waals surface area contributed by atoms with E-state index in [9.17, 15) is 8.78 Å². The van der Waals surface area contributed by atoms with Crippen LogP contribution < -0.4 is 0 Å². The fraction of sp³-hybridized carbons (Fsp3) is 0.500. The molecule has 0 aliphatic heterocycles. The van der Waals surface area contributed by atoms with E-state index in [0.29, 0.717) is 5.92 Å². The van der Waals surface area contributed by atoms with Crippen molar-refractivity contribution in [2.75, 3.05) is 0 Å². The van der Waals surface area contributed by atoms with Crippen LogP contribution in [0.3, 0.4) is 0 Å². The van der Waals surface area contributed by atoms with Gasteiger partial charge in [-0.05, 0) is 24.0 Å². The summed E-state index contributed by atoms with van der Waals surface area (Å²) in [4.78, 5) is 0. The van der Waals surface area contributed by atoms with Crippen molar-refractivity contribution in [1.29, 1.82) is 0 Å². The Hall–Kier alpha value is -0.920. The van der Waals surface area contributed by atoms with E-state index in [1.54, 1.807) is 12.1 Å². The Morgan fingerprint density at radius 3 is 2.50 bits per heavy atom. The number of alkyl halides is 2. The Labute approximate surface area is 84.0 Å². The fourth-order valence-corrected chi connectivity index (χ4v) is 1.35. The Kier molecular flexibility index (Phi) is 3.25. The lowest BCUT2D eigenvalue weighted by Crippen LogP contribution is -2.07. The largest absolute Gasteiger partial charge is 0.270 e. The van der Waals surface area contributed by atoms with Crippen LogP contribution in [0.2, 0.25) is 0 Å². The third-order valence-corrected chi connectivity index (χ3v) is 2.57. The predicted octanol–water partition coefficient (Wildman–Crippen LogP) is 4.31. The summed E-state index contributed by atoms with van der Waals surface area (Å²) in [5.74, 6) is -2.39. The highest BCUT2D eigenvalue weighted by molar-refractivity contribution is 5.28. The minimum absolute atomic E-state index is 0.107. The van der Waals surface area contributed by atoms with Crippen molar-refractivity contribution in [3.05, 3.63) is 35.4 Å². The molecule has 1 aromatic rings. The van der Waals surface area contributed by atoms with Crippen LogP contribution in [0.5, 0.6) is 0 Å². The highest BCUT2D eigenvalue weighted by Gasteiger charge is 2.24. The van der Waals surface area contributed by atoms with Crippen LogP contribution in [0.25, 0.3) is 0 Å². The molecule has 0 aliphatic rings. The summed E-state index contributed by atoms with van der Waals surface area (Å²) in [6.45, 7) is 5.04. The molecule has 0 fully saturated rings. The molecule has 0 nitrogen and oxygen atoms in total. The number of halogens is 2. The molecule has 0 spiro atoms. The van der Waals surface area contributed by atoms with Crippen LogP contribution in [0, 0.1) is 0 Å². The van der Waals surface area contributed by atoms with Gasteiger partial charge in [0.1, 0.15) is 0 Å². The number of rotatable bonds is 3. The molecule has 0 N–H and O–H groups in total. The molecule has 0 amide bonds. The van der Waals surface area contributed by atoms with Crippen molar-refractivity contribution in [3.8, 4) is 0 Å². The van der Waals surface area contributed by atoms with Crippen molar-refractivity contribution < 1.29 is 8.78 Å². The summed E-state index contributed by atoms with van der Waals surface area (Å²) in [5, 5.41) is 0. The standard InChI is InChI=1S/C12H16F2/c1-4-9(2)10-6-5-7-11(8-10)12(3,13)14/h5-9H,4H2,1-3H3. The monoisotopic (exact) mass is 198 g/mol. The van der Waals surface area contributed by atoms with Gasteiger partial charge in [0, 0.05) is 12.5 Å². The van der Waals surface area contributed by atoms with Crippen LogP contribution >= 0.6 is 0 Å². The predicted molar refractivity (Wildman–Crippen MR) is 54.7 cm³/mol. The molecular formula is C12H16F2. The maximum Gasteiger partial charge on any atom is 0.270 e. The third kappa shape index (κ3) is 2.53. The summed E-state index contributed by atoms with van der Waals surface area (Å²) in [6, 6.07) is 6.69. The summed E-state index contributed by atoms with van der Waals surface area (Å²) >= 11 is 0. The quantitative estimate of drug-likeness (QED) is 0.678. The molecule has 1 rings (SSSR count). The molecule has 78 valence electrons. The lowest BCUT2D eigenvalue weighted by atomic mass is 9.95. The first-order valence-electron chi connectivity index (χ1n) is 4.93. The molecule has 1 unspecified atom stereocenters. The zero-order valence-corrected chi connectivity index (χ0v) is 8.85. The highest BCUT2D eigenvalue weighted by Crippen LogP contribution is 2.29. The first-order chi connectivity index (χ1) is 6.45. The topological polar surface area (TPSA) is 0 Å². The van der Waals surface area contributed by atoms with Gasteiger partial charge in [-0.2, -0.15) is 0 Å². The van der Waals surface area contributed by atoms with Gasteiger partial charge in [-0.3, -0.25) is 0 Å². The summed E-state index contributed by atoms with van der Waals surface area (Å²) in [6.07, 6.45) is 0.971. The van der Waals surface area contributed by atoms with Crippen molar-refractivity contribution >= 4 is 0 Å². The molecule has 1 atom stereocenters. The molecule has 0 saturated carbocycles. The number of hydrogen-bond acceptors (Lipinski definition) is 0. The SMILES string of the molecule is CCC(C)c1cccc(C(C)(F)F)c1. The Morgan fingerprint density at radius 2 is 2.00 bits per heavy atom. The van der Waals surface area contributed by atoms with E-state index >= 15 is 0 Å². The first-order valence-corrected chi connectivity index (χ1v) is 4.93. The first kappa shape index (κ1) is 11.2. The molecule has 0 heterocycles. The normalized spacial score (nSPS) is 14.1. The third-order valence-electron chi connectivity index (χ3n) is 2.57. The van der Waals surface area contributed by atoms with Gasteiger partial charge < -0.3 is 0 Å². The van der Waals surface area contributed by atoms with E-state index < -0.39 is 5.92 Å². The van der Waals surface area contributed by atoms with E-state index in [4.69, 9.17) is 0 Å². The molecule has 14 heavy (non-hydrogen) atoms. The second-order valence-electron chi connectivity index (χ2n) is 3.82. The molecule has 1 aromatic carbocycles. The molecule has 0 saturated heterocycles. The van der Waals surface area contributed by atoms with Crippen molar-refractivity contribution in [1.82, 2.24) is 0 Å². The second kappa shape index (κ2) is 4.07. The van der Waals surface area contributed by atoms with E-state index in [-0.39, 0.29) is 5.56 Å². The lowest BCUT2D eigenvalue weighted by molar-refractivity contribution is 0.0174. The molecule has 2 heteroatoms. The zero-order chi connectivity index (χ0) is 10.8. The smallest absolute Gasteiger partial charge is 0.202 e. The van der Waals surface area contributed by atoms with E-state index in [0.717, 1.165) is 18.9 Å². The molecule has 0 aromatic heterocycles. The van der Waals surface area contributed by atoms with Crippen molar-refractivity contribution in [3.63, 3.8) is 0 Å².